The molecule has 0 N–H and O–H groups in total. The molecule has 2 rings (SSSR count). The van der Waals surface area contributed by atoms with Crippen LogP contribution in [0.3, 0.4) is 0 Å². The van der Waals surface area contributed by atoms with Crippen molar-refractivity contribution in [2.75, 3.05) is 20.2 Å². The van der Waals surface area contributed by atoms with Crippen molar-refractivity contribution >= 4 is 0 Å². The highest BCUT2D eigenvalue weighted by Gasteiger charge is 2.44. The van der Waals surface area contributed by atoms with Gasteiger partial charge in [-0.15, -0.1) is 0 Å². The quantitative estimate of drug-likeness (QED) is 0.465. The lowest BCUT2D eigenvalue weighted by Gasteiger charge is -2.35. The van der Waals surface area contributed by atoms with Crippen molar-refractivity contribution in [1.29, 1.82) is 0 Å². The predicted octanol–water partition coefficient (Wildman–Crippen LogP) is 0.335. The number of nitrogens with zero attached hydrogens (tertiary/aromatic N) is 1. The molecule has 0 aromatic carbocycles. The van der Waals surface area contributed by atoms with Crippen LogP contribution in [0, 0.1) is 5.92 Å². The Morgan fingerprint density at radius 1 is 1.56 bits per heavy atom. The van der Waals surface area contributed by atoms with Crippen LogP contribution in [0.25, 0.3) is 0 Å². The van der Waals surface area contributed by atoms with E-state index in [-0.39, 0.29) is 0 Å². The van der Waals surface area contributed by atoms with E-state index < -0.39 is 0 Å². The molecule has 2 nitrogen and oxygen atoms in total. The van der Waals surface area contributed by atoms with Gasteiger partial charge in [0.1, 0.15) is 0 Å². The Balaban J connectivity index is 2.08. The first kappa shape index (κ1) is 5.69. The van der Waals surface area contributed by atoms with Gasteiger partial charge in [0.15, 0.2) is 0 Å². The van der Waals surface area contributed by atoms with Crippen LogP contribution in [0.1, 0.15) is 6.92 Å². The number of fused-ring (bicyclic) bond motifs is 1. The average molecular weight is 127 g/mol. The topological polar surface area (TPSA) is 12.5 Å². The van der Waals surface area contributed by atoms with Crippen LogP contribution in [0.5, 0.6) is 0 Å². The van der Waals surface area contributed by atoms with Crippen molar-refractivity contribution in [2.24, 2.45) is 5.92 Å². The smallest absolute Gasteiger partial charge is 0.0791 e. The van der Waals surface area contributed by atoms with Gasteiger partial charge in [0.2, 0.25) is 0 Å². The van der Waals surface area contributed by atoms with E-state index in [2.05, 4.69) is 18.9 Å². The largest absolute Gasteiger partial charge is 0.374 e. The molecule has 52 valence electrons. The molecule has 2 heteroatoms. The Morgan fingerprint density at radius 3 is 2.56 bits per heavy atom. The monoisotopic (exact) mass is 127 g/mol. The van der Waals surface area contributed by atoms with Crippen LogP contribution in [-0.2, 0) is 4.74 Å². The zero-order valence-electron chi connectivity index (χ0n) is 6.00. The summed E-state index contributed by atoms with van der Waals surface area (Å²) in [6, 6.07) is 0.750. The van der Waals surface area contributed by atoms with E-state index >= 15 is 0 Å². The second kappa shape index (κ2) is 1.70. The van der Waals surface area contributed by atoms with Crippen LogP contribution in [-0.4, -0.2) is 37.2 Å². The Kier molecular flexibility index (Phi) is 1.08. The first-order chi connectivity index (χ1) is 4.29. The zero-order chi connectivity index (χ0) is 6.43. The summed E-state index contributed by atoms with van der Waals surface area (Å²) in [7, 11) is 2.18. The van der Waals surface area contributed by atoms with Gasteiger partial charge in [0, 0.05) is 6.54 Å². The summed E-state index contributed by atoms with van der Waals surface area (Å²) in [6.45, 7) is 4.45. The van der Waals surface area contributed by atoms with E-state index in [0.717, 1.165) is 18.6 Å². The van der Waals surface area contributed by atoms with Crippen LogP contribution in [0.15, 0.2) is 0 Å². The van der Waals surface area contributed by atoms with Crippen molar-refractivity contribution in [3.05, 3.63) is 0 Å². The van der Waals surface area contributed by atoms with Gasteiger partial charge in [-0.1, -0.05) is 6.92 Å². The average Bonchev–Trinajstić information content (AvgIpc) is 1.73. The van der Waals surface area contributed by atoms with Gasteiger partial charge in [-0.25, -0.2) is 0 Å². The van der Waals surface area contributed by atoms with E-state index in [9.17, 15) is 0 Å². The van der Waals surface area contributed by atoms with Crippen LogP contribution in [0.2, 0.25) is 0 Å². The second-order valence-corrected chi connectivity index (χ2v) is 3.28. The zero-order valence-corrected chi connectivity index (χ0v) is 6.00. The predicted molar refractivity (Wildman–Crippen MR) is 35.3 cm³/mol. The molecule has 0 aromatic rings. The number of likely N-dealkylation sites (tertiary alicyclic amines) is 1. The molecular weight excluding hydrogens is 114 g/mol. The Morgan fingerprint density at radius 2 is 2.33 bits per heavy atom. The number of hydrogen-bond donors (Lipinski definition) is 0. The van der Waals surface area contributed by atoms with Crippen molar-refractivity contribution in [3.8, 4) is 0 Å². The van der Waals surface area contributed by atoms with E-state index in [0.29, 0.717) is 6.10 Å². The molecule has 0 aromatic heterocycles. The molecule has 2 aliphatic rings. The normalized spacial score (nSPS) is 50.7. The van der Waals surface area contributed by atoms with Crippen molar-refractivity contribution in [1.82, 2.24) is 4.90 Å². The van der Waals surface area contributed by atoms with E-state index in [1.165, 1.54) is 6.54 Å². The van der Waals surface area contributed by atoms with Gasteiger partial charge in [-0.3, -0.25) is 4.90 Å². The highest BCUT2D eigenvalue weighted by atomic mass is 16.5. The second-order valence-electron chi connectivity index (χ2n) is 3.28. The lowest BCUT2D eigenvalue weighted by atomic mass is 10.0. The van der Waals surface area contributed by atoms with E-state index in [4.69, 9.17) is 4.74 Å². The Labute approximate surface area is 55.8 Å². The van der Waals surface area contributed by atoms with Crippen molar-refractivity contribution in [3.63, 3.8) is 0 Å². The number of likely N-dealkylation sites (N-methyl/N-ethyl adjacent to an activating group) is 1. The van der Waals surface area contributed by atoms with Crippen LogP contribution < -0.4 is 0 Å². The van der Waals surface area contributed by atoms with Crippen LogP contribution in [0.4, 0.5) is 0 Å². The molecule has 2 saturated heterocycles. The Bertz CT molecular complexity index is 112. The summed E-state index contributed by atoms with van der Waals surface area (Å²) in [6.07, 6.45) is 0.565. The lowest BCUT2D eigenvalue weighted by molar-refractivity contribution is -0.102. The summed E-state index contributed by atoms with van der Waals surface area (Å²) < 4.78 is 5.40. The van der Waals surface area contributed by atoms with E-state index in [1.54, 1.807) is 0 Å². The highest BCUT2D eigenvalue weighted by Crippen LogP contribution is 2.31. The SMILES string of the molecule is C[C@@H]1CN(C)[C@H]2CO[C@@H]12. The summed E-state index contributed by atoms with van der Waals surface area (Å²) in [5.41, 5.74) is 0. The fourth-order valence-corrected chi connectivity index (χ4v) is 1.91. The molecule has 2 aliphatic heterocycles. The van der Waals surface area contributed by atoms with Gasteiger partial charge in [0.25, 0.3) is 0 Å². The summed E-state index contributed by atoms with van der Waals surface area (Å²) >= 11 is 0. The maximum absolute atomic E-state index is 5.40. The van der Waals surface area contributed by atoms with Crippen molar-refractivity contribution in [2.45, 2.75) is 19.1 Å². The third-order valence-corrected chi connectivity index (χ3v) is 2.54. The molecule has 9 heavy (non-hydrogen) atoms. The van der Waals surface area contributed by atoms with E-state index in [1.807, 2.05) is 0 Å². The molecule has 0 saturated carbocycles. The number of ether oxygens (including phenoxy) is 1. The van der Waals surface area contributed by atoms with Crippen molar-refractivity contribution < 1.29 is 4.74 Å². The molecule has 0 spiro atoms. The molecule has 0 unspecified atom stereocenters. The maximum atomic E-state index is 5.40. The molecule has 2 fully saturated rings. The van der Waals surface area contributed by atoms with Gasteiger partial charge in [0.05, 0.1) is 18.8 Å². The minimum Gasteiger partial charge on any atom is -0.374 e. The Hall–Kier alpha value is -0.0800. The summed E-state index contributed by atoms with van der Waals surface area (Å²) in [4.78, 5) is 2.40. The summed E-state index contributed by atoms with van der Waals surface area (Å²) in [5, 5.41) is 0. The lowest BCUT2D eigenvalue weighted by Crippen LogP contribution is -2.48. The van der Waals surface area contributed by atoms with Crippen LogP contribution >= 0.6 is 0 Å². The maximum Gasteiger partial charge on any atom is 0.0791 e. The third kappa shape index (κ3) is 0.634. The fraction of sp³-hybridized carbons (Fsp3) is 1.00. The first-order valence-electron chi connectivity index (χ1n) is 3.61. The van der Waals surface area contributed by atoms with Gasteiger partial charge in [-0.2, -0.15) is 0 Å². The first-order valence-corrected chi connectivity index (χ1v) is 3.61. The molecule has 0 bridgehead atoms. The van der Waals surface area contributed by atoms with Gasteiger partial charge < -0.3 is 4.74 Å². The molecule has 0 amide bonds. The van der Waals surface area contributed by atoms with Gasteiger partial charge >= 0.3 is 0 Å². The molecule has 2 heterocycles. The highest BCUT2D eigenvalue weighted by molar-refractivity contribution is 4.96. The third-order valence-electron chi connectivity index (χ3n) is 2.54. The minimum atomic E-state index is 0.565. The standard InChI is InChI=1S/C7H13NO/c1-5-3-8(2)6-4-9-7(5)6/h5-7H,3-4H2,1-2H3/t5-,6+,7+/m1/s1. The minimum absolute atomic E-state index is 0.565. The van der Waals surface area contributed by atoms with Gasteiger partial charge in [-0.05, 0) is 13.0 Å². The molecular formula is C7H13NO. The number of hydrogen-bond acceptors (Lipinski definition) is 2. The summed E-state index contributed by atoms with van der Waals surface area (Å²) in [5.74, 6) is 0.758. The molecule has 0 radical (unpaired) electrons. The fourth-order valence-electron chi connectivity index (χ4n) is 1.91. The molecule has 3 atom stereocenters. The number of rotatable bonds is 0. The molecule has 0 aliphatic carbocycles.